The van der Waals surface area contributed by atoms with Gasteiger partial charge >= 0.3 is 6.09 Å². The highest BCUT2D eigenvalue weighted by molar-refractivity contribution is 7.91. The van der Waals surface area contributed by atoms with E-state index >= 15 is 0 Å². The lowest BCUT2D eigenvalue weighted by molar-refractivity contribution is -0.131. The van der Waals surface area contributed by atoms with Crippen molar-refractivity contribution in [3.63, 3.8) is 0 Å². The number of carbonyl (C=O) groups excluding carboxylic acids is 3. The number of hydrogen-bond donors (Lipinski definition) is 3. The molecule has 0 saturated heterocycles. The van der Waals surface area contributed by atoms with Gasteiger partial charge in [0, 0.05) is 13.3 Å². The Morgan fingerprint density at radius 1 is 1.31 bits per heavy atom. The fourth-order valence-electron chi connectivity index (χ4n) is 3.92. The maximum Gasteiger partial charge on any atom is 0.407 e. The Hall–Kier alpha value is -3.66. The number of benzene rings is 1. The average molecular weight is 522 g/mol. The SMILES string of the molecule is C[C@H]1[C@H](NC(=O)[C@H](CC(C)(C)C)N(C)C(=O)O)C(=O)Nc2cc(C#N)ccc2N1C(=O)CS(C)(=O)=O. The minimum atomic E-state index is -3.74. The monoisotopic (exact) mass is 521 g/mol. The van der Waals surface area contributed by atoms with Crippen LogP contribution in [-0.4, -0.2) is 79.4 Å². The van der Waals surface area contributed by atoms with Crippen LogP contribution in [0.3, 0.4) is 0 Å². The predicted molar refractivity (Wildman–Crippen MR) is 132 cm³/mol. The molecule has 0 aromatic heterocycles. The molecule has 3 N–H and O–H groups in total. The quantitative estimate of drug-likeness (QED) is 0.499. The summed E-state index contributed by atoms with van der Waals surface area (Å²) in [5, 5.41) is 23.9. The van der Waals surface area contributed by atoms with Crippen LogP contribution in [0, 0.1) is 16.7 Å². The number of fused-ring (bicyclic) bond motifs is 1. The number of likely N-dealkylation sites (N-methyl/N-ethyl adjacent to an activating group) is 1. The Labute approximate surface area is 210 Å². The van der Waals surface area contributed by atoms with Crippen LogP contribution in [-0.2, 0) is 24.2 Å². The first kappa shape index (κ1) is 28.6. The van der Waals surface area contributed by atoms with Gasteiger partial charge in [-0.3, -0.25) is 19.3 Å². The molecule has 1 aromatic rings. The Morgan fingerprint density at radius 3 is 2.42 bits per heavy atom. The van der Waals surface area contributed by atoms with Crippen LogP contribution >= 0.6 is 0 Å². The second-order valence-electron chi connectivity index (χ2n) is 10.1. The maximum atomic E-state index is 13.3. The molecule has 1 heterocycles. The van der Waals surface area contributed by atoms with Gasteiger partial charge in [-0.25, -0.2) is 13.2 Å². The zero-order chi connectivity index (χ0) is 27.6. The standard InChI is InChI=1S/C23H31N5O7S/c1-13-19(26-20(30)17(10-23(2,3)4)27(5)22(32)33)21(31)25-15-9-14(11-24)7-8-16(15)28(13)18(29)12-36(6,34)35/h7-9,13,17,19H,10,12H2,1-6H3,(H,25,31)(H,26,30)(H,32,33)/t13-,17-,19-/m0/s1. The van der Waals surface area contributed by atoms with E-state index in [2.05, 4.69) is 10.6 Å². The van der Waals surface area contributed by atoms with Crippen molar-refractivity contribution in [1.82, 2.24) is 10.2 Å². The van der Waals surface area contributed by atoms with Crippen molar-refractivity contribution in [2.45, 2.75) is 52.2 Å². The van der Waals surface area contributed by atoms with Crippen LogP contribution in [0.15, 0.2) is 18.2 Å². The molecule has 0 saturated carbocycles. The Balaban J connectivity index is 2.53. The highest BCUT2D eigenvalue weighted by atomic mass is 32.2. The number of hydrogen-bond acceptors (Lipinski definition) is 7. The lowest BCUT2D eigenvalue weighted by Gasteiger charge is -2.35. The average Bonchev–Trinajstić information content (AvgIpc) is 2.83. The number of nitriles is 1. The van der Waals surface area contributed by atoms with E-state index in [1.807, 2.05) is 26.8 Å². The fraction of sp³-hybridized carbons (Fsp3) is 0.522. The summed E-state index contributed by atoms with van der Waals surface area (Å²) >= 11 is 0. The van der Waals surface area contributed by atoms with E-state index in [-0.39, 0.29) is 23.4 Å². The highest BCUT2D eigenvalue weighted by Crippen LogP contribution is 2.33. The first-order valence-corrected chi connectivity index (χ1v) is 13.1. The van der Waals surface area contributed by atoms with E-state index in [1.54, 1.807) is 0 Å². The lowest BCUT2D eigenvalue weighted by atomic mass is 9.87. The molecule has 0 spiro atoms. The molecule has 36 heavy (non-hydrogen) atoms. The zero-order valence-electron chi connectivity index (χ0n) is 21.0. The molecule has 0 fully saturated rings. The summed E-state index contributed by atoms with van der Waals surface area (Å²) in [4.78, 5) is 53.1. The number of nitrogens with zero attached hydrogens (tertiary/aromatic N) is 3. The van der Waals surface area contributed by atoms with Crippen LogP contribution in [0.2, 0.25) is 0 Å². The molecule has 3 atom stereocenters. The second-order valence-corrected chi connectivity index (χ2v) is 12.2. The smallest absolute Gasteiger partial charge is 0.407 e. The third-order valence-electron chi connectivity index (χ3n) is 5.64. The molecule has 1 aliphatic rings. The molecule has 2 rings (SSSR count). The lowest BCUT2D eigenvalue weighted by Crippen LogP contribution is -2.60. The highest BCUT2D eigenvalue weighted by Gasteiger charge is 2.41. The Morgan fingerprint density at radius 2 is 1.92 bits per heavy atom. The molecule has 0 aliphatic carbocycles. The molecule has 1 aliphatic heterocycles. The van der Waals surface area contributed by atoms with Crippen molar-refractivity contribution in [3.05, 3.63) is 23.8 Å². The summed E-state index contributed by atoms with van der Waals surface area (Å²) in [6, 6.07) is 2.54. The maximum absolute atomic E-state index is 13.3. The predicted octanol–water partition coefficient (Wildman–Crippen LogP) is 1.18. The minimum Gasteiger partial charge on any atom is -0.465 e. The van der Waals surface area contributed by atoms with Crippen molar-refractivity contribution < 1.29 is 32.7 Å². The van der Waals surface area contributed by atoms with E-state index in [0.29, 0.717) is 0 Å². The van der Waals surface area contributed by atoms with Gasteiger partial charge in [-0.05, 0) is 37.0 Å². The first-order chi connectivity index (χ1) is 16.4. The summed E-state index contributed by atoms with van der Waals surface area (Å²) in [5.41, 5.74) is 0.00495. The molecule has 1 aromatic carbocycles. The molecular formula is C23H31N5O7S. The molecule has 4 amide bonds. The number of sulfone groups is 1. The summed E-state index contributed by atoms with van der Waals surface area (Å²) < 4.78 is 23.7. The van der Waals surface area contributed by atoms with E-state index in [9.17, 15) is 38.0 Å². The van der Waals surface area contributed by atoms with Gasteiger partial charge in [0.2, 0.25) is 17.7 Å². The van der Waals surface area contributed by atoms with Gasteiger partial charge in [-0.2, -0.15) is 5.26 Å². The fourth-order valence-corrected chi connectivity index (χ4v) is 4.51. The summed E-state index contributed by atoms with van der Waals surface area (Å²) in [6.45, 7) is 6.97. The van der Waals surface area contributed by atoms with Crippen LogP contribution in [0.25, 0.3) is 0 Å². The summed E-state index contributed by atoms with van der Waals surface area (Å²) in [6.07, 6.45) is -0.291. The van der Waals surface area contributed by atoms with E-state index < -0.39 is 62.9 Å². The number of nitrogens with one attached hydrogen (secondary N) is 2. The summed E-state index contributed by atoms with van der Waals surface area (Å²) in [5.74, 6) is -3.14. The van der Waals surface area contributed by atoms with Gasteiger partial charge in [0.05, 0.1) is 29.0 Å². The van der Waals surface area contributed by atoms with Crippen molar-refractivity contribution in [3.8, 4) is 6.07 Å². The molecule has 13 heteroatoms. The third-order valence-corrected chi connectivity index (χ3v) is 6.42. The molecule has 0 unspecified atom stereocenters. The van der Waals surface area contributed by atoms with E-state index in [4.69, 9.17) is 0 Å². The van der Waals surface area contributed by atoms with E-state index in [0.717, 1.165) is 16.1 Å². The number of carbonyl (C=O) groups is 4. The Bertz CT molecular complexity index is 1220. The van der Waals surface area contributed by atoms with Gasteiger partial charge < -0.3 is 20.6 Å². The van der Waals surface area contributed by atoms with Gasteiger partial charge in [0.15, 0.2) is 9.84 Å². The van der Waals surface area contributed by atoms with Crippen molar-refractivity contribution in [1.29, 1.82) is 5.26 Å². The second kappa shape index (κ2) is 10.5. The minimum absolute atomic E-state index is 0.0957. The number of carboxylic acid groups (broad SMARTS) is 1. The van der Waals surface area contributed by atoms with Crippen LogP contribution in [0.4, 0.5) is 16.2 Å². The Kier molecular flexibility index (Phi) is 8.36. The van der Waals surface area contributed by atoms with Crippen LogP contribution in [0.1, 0.15) is 39.7 Å². The first-order valence-electron chi connectivity index (χ1n) is 11.1. The van der Waals surface area contributed by atoms with Gasteiger partial charge in [0.1, 0.15) is 17.8 Å². The topological polar surface area (TPSA) is 177 Å². The van der Waals surface area contributed by atoms with Gasteiger partial charge in [0.25, 0.3) is 0 Å². The van der Waals surface area contributed by atoms with Crippen LogP contribution in [0.5, 0.6) is 0 Å². The molecule has 196 valence electrons. The number of amides is 4. The van der Waals surface area contributed by atoms with Crippen LogP contribution < -0.4 is 15.5 Å². The zero-order valence-corrected chi connectivity index (χ0v) is 21.8. The van der Waals surface area contributed by atoms with E-state index in [1.165, 1.54) is 32.2 Å². The van der Waals surface area contributed by atoms with Crippen molar-refractivity contribution >= 4 is 45.0 Å². The molecular weight excluding hydrogens is 490 g/mol. The molecule has 12 nitrogen and oxygen atoms in total. The third kappa shape index (κ3) is 6.94. The van der Waals surface area contributed by atoms with Crippen molar-refractivity contribution in [2.75, 3.05) is 29.3 Å². The summed E-state index contributed by atoms with van der Waals surface area (Å²) in [7, 11) is -2.49. The number of anilines is 2. The van der Waals surface area contributed by atoms with Gasteiger partial charge in [-0.15, -0.1) is 0 Å². The number of rotatable bonds is 6. The largest absolute Gasteiger partial charge is 0.465 e. The normalized spacial score (nSPS) is 18.7. The van der Waals surface area contributed by atoms with Gasteiger partial charge in [-0.1, -0.05) is 20.8 Å². The molecule has 0 bridgehead atoms. The molecule has 0 radical (unpaired) electrons. The van der Waals surface area contributed by atoms with Crippen molar-refractivity contribution in [2.24, 2.45) is 5.41 Å².